The first-order chi connectivity index (χ1) is 14.9. The van der Waals surface area contributed by atoms with Crippen LogP contribution in [0.2, 0.25) is 0 Å². The summed E-state index contributed by atoms with van der Waals surface area (Å²) in [6.45, 7) is 6.32. The van der Waals surface area contributed by atoms with Crippen molar-refractivity contribution in [1.82, 2.24) is 15.6 Å². The molecule has 0 bridgehead atoms. The molecule has 8 heteroatoms. The second-order valence-electron chi connectivity index (χ2n) is 6.73. The lowest BCUT2D eigenvalue weighted by atomic mass is 10.1. The van der Waals surface area contributed by atoms with E-state index in [0.717, 1.165) is 5.56 Å². The molecule has 2 aromatic carbocycles. The van der Waals surface area contributed by atoms with Crippen LogP contribution in [0.4, 0.5) is 0 Å². The highest BCUT2D eigenvalue weighted by atomic mass is 16.5. The normalized spacial score (nSPS) is 11.6. The molecule has 0 radical (unpaired) electrons. The number of hydrogen-bond acceptors (Lipinski definition) is 5. The molecule has 0 aliphatic carbocycles. The molecule has 2 N–H and O–H groups in total. The van der Waals surface area contributed by atoms with E-state index in [2.05, 4.69) is 15.8 Å². The monoisotopic (exact) mass is 424 g/mol. The Morgan fingerprint density at radius 3 is 2.29 bits per heavy atom. The quantitative estimate of drug-likeness (QED) is 0.366. The zero-order valence-corrected chi connectivity index (χ0v) is 18.0. The molecule has 1 atom stereocenters. The number of benzene rings is 2. The van der Waals surface area contributed by atoms with Gasteiger partial charge in [-0.15, -0.1) is 0 Å². The SMILES string of the molecule is CCN(CC)C(=O)C(=O)N/N=C\c1ccc(OCC(=O)N[C@H](C)c2ccccc2)cc1. The summed E-state index contributed by atoms with van der Waals surface area (Å²) in [5.41, 5.74) is 3.94. The van der Waals surface area contributed by atoms with Crippen LogP contribution in [0.5, 0.6) is 5.75 Å². The van der Waals surface area contributed by atoms with Crippen LogP contribution in [0.15, 0.2) is 59.7 Å². The van der Waals surface area contributed by atoms with Crippen LogP contribution in [0, 0.1) is 0 Å². The lowest BCUT2D eigenvalue weighted by molar-refractivity contribution is -0.145. The van der Waals surface area contributed by atoms with E-state index in [1.165, 1.54) is 11.1 Å². The molecule has 2 rings (SSSR count). The zero-order chi connectivity index (χ0) is 22.6. The Bertz CT molecular complexity index is 894. The van der Waals surface area contributed by atoms with E-state index in [0.29, 0.717) is 24.4 Å². The maximum atomic E-state index is 12.1. The summed E-state index contributed by atoms with van der Waals surface area (Å²) in [5, 5.41) is 6.69. The minimum absolute atomic E-state index is 0.103. The largest absolute Gasteiger partial charge is 0.484 e. The van der Waals surface area contributed by atoms with Crippen molar-refractivity contribution in [3.8, 4) is 5.75 Å². The number of rotatable bonds is 9. The van der Waals surface area contributed by atoms with Crippen molar-refractivity contribution >= 4 is 23.9 Å². The lowest BCUT2D eigenvalue weighted by Gasteiger charge is -2.16. The molecule has 3 amide bonds. The Morgan fingerprint density at radius 2 is 1.68 bits per heavy atom. The van der Waals surface area contributed by atoms with E-state index in [1.807, 2.05) is 37.3 Å². The number of hydrogen-bond donors (Lipinski definition) is 2. The minimum atomic E-state index is -0.782. The van der Waals surface area contributed by atoms with Gasteiger partial charge >= 0.3 is 11.8 Å². The maximum absolute atomic E-state index is 12.1. The van der Waals surface area contributed by atoms with Crippen molar-refractivity contribution in [3.63, 3.8) is 0 Å². The van der Waals surface area contributed by atoms with E-state index in [9.17, 15) is 14.4 Å². The molecule has 0 heterocycles. The van der Waals surface area contributed by atoms with Gasteiger partial charge in [0.15, 0.2) is 6.61 Å². The summed E-state index contributed by atoms with van der Waals surface area (Å²) in [6.07, 6.45) is 1.42. The fourth-order valence-corrected chi connectivity index (χ4v) is 2.77. The van der Waals surface area contributed by atoms with E-state index in [1.54, 1.807) is 38.1 Å². The Balaban J connectivity index is 1.78. The number of nitrogens with zero attached hydrogens (tertiary/aromatic N) is 2. The standard InChI is InChI=1S/C23H28N4O4/c1-4-27(5-2)23(30)22(29)26-24-15-18-11-13-20(14-12-18)31-16-21(28)25-17(3)19-9-7-6-8-10-19/h6-15,17H,4-5,16H2,1-3H3,(H,25,28)(H,26,29)/b24-15-/t17-/m1/s1. The Kier molecular flexibility index (Phi) is 9.22. The molecule has 0 aromatic heterocycles. The summed E-state index contributed by atoms with van der Waals surface area (Å²) in [6, 6.07) is 16.4. The van der Waals surface area contributed by atoms with Crippen LogP contribution in [-0.2, 0) is 14.4 Å². The van der Waals surface area contributed by atoms with Gasteiger partial charge in [-0.25, -0.2) is 5.43 Å². The van der Waals surface area contributed by atoms with Crippen molar-refractivity contribution in [1.29, 1.82) is 0 Å². The third-order valence-corrected chi connectivity index (χ3v) is 4.55. The van der Waals surface area contributed by atoms with Crippen LogP contribution < -0.4 is 15.5 Å². The van der Waals surface area contributed by atoms with Crippen LogP contribution in [0.3, 0.4) is 0 Å². The van der Waals surface area contributed by atoms with Gasteiger partial charge in [-0.1, -0.05) is 30.3 Å². The smallest absolute Gasteiger partial charge is 0.329 e. The van der Waals surface area contributed by atoms with E-state index in [4.69, 9.17) is 4.74 Å². The maximum Gasteiger partial charge on any atom is 0.329 e. The zero-order valence-electron chi connectivity index (χ0n) is 18.0. The molecule has 2 aromatic rings. The second-order valence-corrected chi connectivity index (χ2v) is 6.73. The third-order valence-electron chi connectivity index (χ3n) is 4.55. The summed E-state index contributed by atoms with van der Waals surface area (Å²) >= 11 is 0. The summed E-state index contributed by atoms with van der Waals surface area (Å²) in [5.74, 6) is -1.09. The molecule has 0 saturated carbocycles. The molecular formula is C23H28N4O4. The van der Waals surface area contributed by atoms with E-state index in [-0.39, 0.29) is 18.6 Å². The molecule has 8 nitrogen and oxygen atoms in total. The first kappa shape index (κ1) is 23.6. The fraction of sp³-hybridized carbons (Fsp3) is 0.304. The van der Waals surface area contributed by atoms with Gasteiger partial charge in [0, 0.05) is 13.1 Å². The van der Waals surface area contributed by atoms with Crippen molar-refractivity contribution in [3.05, 3.63) is 65.7 Å². The van der Waals surface area contributed by atoms with Gasteiger partial charge in [0.05, 0.1) is 12.3 Å². The topological polar surface area (TPSA) is 100 Å². The van der Waals surface area contributed by atoms with Gasteiger partial charge < -0.3 is 15.0 Å². The number of nitrogens with one attached hydrogen (secondary N) is 2. The predicted octanol–water partition coefficient (Wildman–Crippen LogP) is 2.26. The average molecular weight is 425 g/mol. The van der Waals surface area contributed by atoms with Crippen LogP contribution in [0.1, 0.15) is 37.9 Å². The van der Waals surface area contributed by atoms with E-state index >= 15 is 0 Å². The Morgan fingerprint density at radius 1 is 1.03 bits per heavy atom. The van der Waals surface area contributed by atoms with Gasteiger partial charge in [-0.05, 0) is 56.2 Å². The second kappa shape index (κ2) is 12.1. The van der Waals surface area contributed by atoms with Gasteiger partial charge in [-0.2, -0.15) is 5.10 Å². The predicted molar refractivity (Wildman–Crippen MR) is 119 cm³/mol. The van der Waals surface area contributed by atoms with E-state index < -0.39 is 11.8 Å². The molecule has 164 valence electrons. The number of amides is 3. The molecule has 0 aliphatic rings. The number of ether oxygens (including phenoxy) is 1. The lowest BCUT2D eigenvalue weighted by Crippen LogP contribution is -2.41. The molecule has 0 aliphatic heterocycles. The van der Waals surface area contributed by atoms with Gasteiger partial charge in [0.25, 0.3) is 5.91 Å². The van der Waals surface area contributed by atoms with Crippen molar-refractivity contribution in [2.24, 2.45) is 5.10 Å². The van der Waals surface area contributed by atoms with Gasteiger partial charge in [0.1, 0.15) is 5.75 Å². The summed E-state index contributed by atoms with van der Waals surface area (Å²) in [7, 11) is 0. The number of carbonyl (C=O) groups is 3. The summed E-state index contributed by atoms with van der Waals surface area (Å²) in [4.78, 5) is 37.1. The molecule has 0 spiro atoms. The molecule has 0 unspecified atom stereocenters. The molecule has 31 heavy (non-hydrogen) atoms. The van der Waals surface area contributed by atoms with Crippen LogP contribution >= 0.6 is 0 Å². The first-order valence-electron chi connectivity index (χ1n) is 10.1. The molecule has 0 saturated heterocycles. The van der Waals surface area contributed by atoms with Gasteiger partial charge in [-0.3, -0.25) is 14.4 Å². The highest BCUT2D eigenvalue weighted by Crippen LogP contribution is 2.13. The van der Waals surface area contributed by atoms with Crippen LogP contribution in [-0.4, -0.2) is 48.5 Å². The molecular weight excluding hydrogens is 396 g/mol. The Labute approximate surface area is 182 Å². The number of carbonyl (C=O) groups excluding carboxylic acids is 3. The molecule has 0 fully saturated rings. The Hall–Kier alpha value is -3.68. The average Bonchev–Trinajstić information content (AvgIpc) is 2.79. The highest BCUT2D eigenvalue weighted by Gasteiger charge is 2.18. The minimum Gasteiger partial charge on any atom is -0.484 e. The van der Waals surface area contributed by atoms with Crippen LogP contribution in [0.25, 0.3) is 0 Å². The first-order valence-corrected chi connectivity index (χ1v) is 10.1. The number of likely N-dealkylation sites (N-methyl/N-ethyl adjacent to an activating group) is 1. The third kappa shape index (κ3) is 7.58. The number of hydrazone groups is 1. The van der Waals surface area contributed by atoms with Crippen molar-refractivity contribution < 1.29 is 19.1 Å². The van der Waals surface area contributed by atoms with Gasteiger partial charge in [0.2, 0.25) is 0 Å². The fourth-order valence-electron chi connectivity index (χ4n) is 2.77. The highest BCUT2D eigenvalue weighted by molar-refractivity contribution is 6.34. The summed E-state index contributed by atoms with van der Waals surface area (Å²) < 4.78 is 5.51. The van der Waals surface area contributed by atoms with Crippen molar-refractivity contribution in [2.75, 3.05) is 19.7 Å². The van der Waals surface area contributed by atoms with Crippen molar-refractivity contribution in [2.45, 2.75) is 26.8 Å².